The van der Waals surface area contributed by atoms with Crippen LogP contribution in [0.15, 0.2) is 35.0 Å². The van der Waals surface area contributed by atoms with Gasteiger partial charge in [-0.05, 0) is 47.0 Å². The van der Waals surface area contributed by atoms with Crippen molar-refractivity contribution in [3.63, 3.8) is 0 Å². The molecule has 1 aromatic heterocycles. The van der Waals surface area contributed by atoms with Crippen molar-refractivity contribution in [2.45, 2.75) is 19.4 Å². The molecule has 106 valence electrons. The molecule has 1 atom stereocenters. The number of carbonyl (C=O) groups is 1. The van der Waals surface area contributed by atoms with Crippen molar-refractivity contribution in [2.24, 2.45) is 0 Å². The Morgan fingerprint density at radius 3 is 2.85 bits per heavy atom. The Bertz CT molecular complexity index is 584. The zero-order valence-corrected chi connectivity index (χ0v) is 12.2. The molecular formula is C15H16FNO2S. The number of nitrogens with one attached hydrogen (secondary N) is 1. The van der Waals surface area contributed by atoms with Gasteiger partial charge in [-0.15, -0.1) is 0 Å². The molecule has 2 rings (SSSR count). The largest absolute Gasteiger partial charge is 0.494 e. The van der Waals surface area contributed by atoms with Crippen molar-refractivity contribution in [1.82, 2.24) is 5.32 Å². The van der Waals surface area contributed by atoms with Gasteiger partial charge in [-0.1, -0.05) is 6.07 Å². The van der Waals surface area contributed by atoms with Crippen molar-refractivity contribution in [3.8, 4) is 5.75 Å². The highest BCUT2D eigenvalue weighted by Crippen LogP contribution is 2.21. The van der Waals surface area contributed by atoms with Gasteiger partial charge in [0.2, 0.25) is 5.91 Å². The highest BCUT2D eigenvalue weighted by Gasteiger charge is 2.12. The average Bonchev–Trinajstić information content (AvgIpc) is 2.91. The molecule has 5 heteroatoms. The summed E-state index contributed by atoms with van der Waals surface area (Å²) in [6.07, 6.45) is 0.340. The SMILES string of the molecule is COc1ccc(C(C)NC(=O)Cc2ccsc2)cc1F. The highest BCUT2D eigenvalue weighted by atomic mass is 32.1. The molecule has 0 saturated carbocycles. The van der Waals surface area contributed by atoms with Gasteiger partial charge in [-0.25, -0.2) is 4.39 Å². The molecule has 1 N–H and O–H groups in total. The summed E-state index contributed by atoms with van der Waals surface area (Å²) < 4.78 is 18.5. The topological polar surface area (TPSA) is 38.3 Å². The predicted molar refractivity (Wildman–Crippen MR) is 77.5 cm³/mol. The van der Waals surface area contributed by atoms with Crippen LogP contribution in [-0.4, -0.2) is 13.0 Å². The van der Waals surface area contributed by atoms with Crippen molar-refractivity contribution in [1.29, 1.82) is 0 Å². The van der Waals surface area contributed by atoms with Gasteiger partial charge in [0.05, 0.1) is 19.6 Å². The lowest BCUT2D eigenvalue weighted by atomic mass is 10.1. The molecule has 0 saturated heterocycles. The molecule has 3 nitrogen and oxygen atoms in total. The first-order valence-corrected chi connectivity index (χ1v) is 7.18. The van der Waals surface area contributed by atoms with Crippen LogP contribution in [0.1, 0.15) is 24.1 Å². The number of hydrogen-bond acceptors (Lipinski definition) is 3. The molecule has 0 fully saturated rings. The number of hydrogen-bond donors (Lipinski definition) is 1. The zero-order valence-electron chi connectivity index (χ0n) is 11.4. The minimum absolute atomic E-state index is 0.0767. The Kier molecular flexibility index (Phi) is 4.74. The van der Waals surface area contributed by atoms with Gasteiger partial charge in [0.15, 0.2) is 11.6 Å². The fraction of sp³-hybridized carbons (Fsp3) is 0.267. The van der Waals surface area contributed by atoms with Crippen molar-refractivity contribution < 1.29 is 13.9 Å². The van der Waals surface area contributed by atoms with Gasteiger partial charge in [0.25, 0.3) is 0 Å². The molecule has 1 aromatic carbocycles. The van der Waals surface area contributed by atoms with Crippen LogP contribution in [0.25, 0.3) is 0 Å². The maximum atomic E-state index is 13.6. The number of benzene rings is 1. The Labute approximate surface area is 121 Å². The Morgan fingerprint density at radius 1 is 1.45 bits per heavy atom. The van der Waals surface area contributed by atoms with Crippen LogP contribution < -0.4 is 10.1 Å². The van der Waals surface area contributed by atoms with E-state index < -0.39 is 5.82 Å². The molecule has 0 aliphatic heterocycles. The van der Waals surface area contributed by atoms with E-state index in [0.717, 1.165) is 5.56 Å². The van der Waals surface area contributed by atoms with E-state index in [-0.39, 0.29) is 17.7 Å². The molecule has 0 radical (unpaired) electrons. The van der Waals surface area contributed by atoms with Gasteiger partial charge in [0.1, 0.15) is 0 Å². The smallest absolute Gasteiger partial charge is 0.224 e. The van der Waals surface area contributed by atoms with E-state index >= 15 is 0 Å². The normalized spacial score (nSPS) is 11.9. The van der Waals surface area contributed by atoms with E-state index in [1.54, 1.807) is 23.5 Å². The molecule has 2 aromatic rings. The molecule has 0 aliphatic rings. The van der Waals surface area contributed by atoms with Crippen LogP contribution in [-0.2, 0) is 11.2 Å². The average molecular weight is 293 g/mol. The third-order valence-electron chi connectivity index (χ3n) is 3.00. The van der Waals surface area contributed by atoms with Crippen LogP contribution in [0.2, 0.25) is 0 Å². The summed E-state index contributed by atoms with van der Waals surface area (Å²) in [5.74, 6) is -0.304. The molecule has 20 heavy (non-hydrogen) atoms. The fourth-order valence-corrected chi connectivity index (χ4v) is 2.58. The molecule has 1 amide bonds. The van der Waals surface area contributed by atoms with E-state index in [1.807, 2.05) is 23.8 Å². The number of amides is 1. The first-order chi connectivity index (χ1) is 9.60. The van der Waals surface area contributed by atoms with Gasteiger partial charge in [0, 0.05) is 0 Å². The lowest BCUT2D eigenvalue weighted by Gasteiger charge is -2.15. The third kappa shape index (κ3) is 3.57. The lowest BCUT2D eigenvalue weighted by Crippen LogP contribution is -2.28. The maximum absolute atomic E-state index is 13.6. The predicted octanol–water partition coefficient (Wildman–Crippen LogP) is 3.32. The van der Waals surface area contributed by atoms with Gasteiger partial charge in [-0.3, -0.25) is 4.79 Å². The second-order valence-electron chi connectivity index (χ2n) is 4.49. The van der Waals surface area contributed by atoms with Gasteiger partial charge >= 0.3 is 0 Å². The number of ether oxygens (including phenoxy) is 1. The third-order valence-corrected chi connectivity index (χ3v) is 3.73. The molecule has 0 spiro atoms. The summed E-state index contributed by atoms with van der Waals surface area (Å²) >= 11 is 1.56. The molecule has 1 heterocycles. The van der Waals surface area contributed by atoms with E-state index in [9.17, 15) is 9.18 Å². The number of rotatable bonds is 5. The summed E-state index contributed by atoms with van der Waals surface area (Å²) in [5, 5.41) is 6.73. The molecule has 0 bridgehead atoms. The maximum Gasteiger partial charge on any atom is 0.224 e. The van der Waals surface area contributed by atoms with Gasteiger partial charge in [-0.2, -0.15) is 11.3 Å². The quantitative estimate of drug-likeness (QED) is 0.918. The minimum Gasteiger partial charge on any atom is -0.494 e. The summed E-state index contributed by atoms with van der Waals surface area (Å²) in [6.45, 7) is 1.83. The van der Waals surface area contributed by atoms with Crippen molar-refractivity contribution >= 4 is 17.2 Å². The van der Waals surface area contributed by atoms with E-state index in [1.165, 1.54) is 13.2 Å². The second-order valence-corrected chi connectivity index (χ2v) is 5.27. The van der Waals surface area contributed by atoms with Gasteiger partial charge < -0.3 is 10.1 Å². The van der Waals surface area contributed by atoms with E-state index in [0.29, 0.717) is 12.0 Å². The Balaban J connectivity index is 1.99. The Hall–Kier alpha value is -1.88. The van der Waals surface area contributed by atoms with Crippen LogP contribution in [0.4, 0.5) is 4.39 Å². The summed E-state index contributed by atoms with van der Waals surface area (Å²) in [6, 6.07) is 6.36. The summed E-state index contributed by atoms with van der Waals surface area (Å²) in [7, 11) is 1.42. The number of methoxy groups -OCH3 is 1. The first kappa shape index (κ1) is 14.5. The van der Waals surface area contributed by atoms with Crippen molar-refractivity contribution in [2.75, 3.05) is 7.11 Å². The molecule has 1 unspecified atom stereocenters. The van der Waals surface area contributed by atoms with Crippen molar-refractivity contribution in [3.05, 3.63) is 52.0 Å². The highest BCUT2D eigenvalue weighted by molar-refractivity contribution is 7.07. The van der Waals surface area contributed by atoms with Crippen LogP contribution in [0.3, 0.4) is 0 Å². The first-order valence-electron chi connectivity index (χ1n) is 6.24. The minimum atomic E-state index is -0.427. The zero-order chi connectivity index (χ0) is 14.5. The van der Waals surface area contributed by atoms with E-state index in [2.05, 4.69) is 5.32 Å². The number of carbonyl (C=O) groups excluding carboxylic acids is 1. The Morgan fingerprint density at radius 2 is 2.25 bits per heavy atom. The molecule has 0 aliphatic carbocycles. The van der Waals surface area contributed by atoms with E-state index in [4.69, 9.17) is 4.74 Å². The fourth-order valence-electron chi connectivity index (χ4n) is 1.91. The standard InChI is InChI=1S/C15H16FNO2S/c1-10(12-3-4-14(19-2)13(16)8-12)17-15(18)7-11-5-6-20-9-11/h3-6,8-10H,7H2,1-2H3,(H,17,18). The summed E-state index contributed by atoms with van der Waals surface area (Å²) in [4.78, 5) is 11.9. The summed E-state index contributed by atoms with van der Waals surface area (Å²) in [5.41, 5.74) is 1.70. The number of halogens is 1. The number of thiophene rings is 1. The second kappa shape index (κ2) is 6.52. The monoisotopic (exact) mass is 293 g/mol. The van der Waals surface area contributed by atoms with Crippen LogP contribution >= 0.6 is 11.3 Å². The van der Waals surface area contributed by atoms with Crippen LogP contribution in [0, 0.1) is 5.82 Å². The molecular weight excluding hydrogens is 277 g/mol. The lowest BCUT2D eigenvalue weighted by molar-refractivity contribution is -0.121. The van der Waals surface area contributed by atoms with Crippen LogP contribution in [0.5, 0.6) is 5.75 Å².